The van der Waals surface area contributed by atoms with Gasteiger partial charge in [-0.25, -0.2) is 0 Å². The number of carbonyl (C=O) groups is 3. The minimum atomic E-state index is -0.701. The number of ether oxygens (including phenoxy) is 2. The summed E-state index contributed by atoms with van der Waals surface area (Å²) in [7, 11) is 0. The summed E-state index contributed by atoms with van der Waals surface area (Å²) >= 11 is 0. The van der Waals surface area contributed by atoms with Gasteiger partial charge in [-0.2, -0.15) is 0 Å². The first kappa shape index (κ1) is 19.8. The highest BCUT2D eigenvalue weighted by molar-refractivity contribution is 6.39. The molecule has 2 aromatic carbocycles. The molecule has 0 radical (unpaired) electrons. The molecule has 2 aliphatic rings. The molecule has 8 nitrogen and oxygen atoms in total. The van der Waals surface area contributed by atoms with Crippen molar-refractivity contribution in [2.24, 2.45) is 0 Å². The average molecular weight is 409 g/mol. The maximum atomic E-state index is 12.5. The molecular weight excluding hydrogens is 386 g/mol. The third kappa shape index (κ3) is 4.53. The highest BCUT2D eigenvalue weighted by Crippen LogP contribution is 2.30. The minimum absolute atomic E-state index is 0.0211. The number of hydrogen-bond acceptors (Lipinski definition) is 5. The standard InChI is InChI=1S/C22H23N3O5/c1-14-2-5-16(6-3-14)30-17-8-10-25(11-9-17)22(28)21(27)23-15-4-7-18-19(12-15)29-13-20(26)24-18/h2-7,12,17H,8-11,13H2,1H3,(H,23,27)(H,24,26). The van der Waals surface area contributed by atoms with E-state index >= 15 is 0 Å². The van der Waals surface area contributed by atoms with E-state index in [1.54, 1.807) is 23.1 Å². The Kier molecular flexibility index (Phi) is 5.56. The third-order valence-electron chi connectivity index (χ3n) is 5.12. The van der Waals surface area contributed by atoms with E-state index in [2.05, 4.69) is 10.6 Å². The van der Waals surface area contributed by atoms with E-state index in [0.717, 1.165) is 5.75 Å². The molecule has 2 aliphatic heterocycles. The van der Waals surface area contributed by atoms with Crippen LogP contribution in [-0.4, -0.2) is 48.4 Å². The van der Waals surface area contributed by atoms with Gasteiger partial charge >= 0.3 is 11.8 Å². The number of amides is 3. The highest BCUT2D eigenvalue weighted by Gasteiger charge is 2.28. The van der Waals surface area contributed by atoms with Crippen LogP contribution in [0.25, 0.3) is 0 Å². The normalized spacial score (nSPS) is 16.2. The first-order valence-electron chi connectivity index (χ1n) is 9.88. The van der Waals surface area contributed by atoms with E-state index < -0.39 is 11.8 Å². The van der Waals surface area contributed by atoms with Gasteiger partial charge in [0.2, 0.25) is 0 Å². The van der Waals surface area contributed by atoms with E-state index in [-0.39, 0.29) is 18.6 Å². The lowest BCUT2D eigenvalue weighted by Gasteiger charge is -2.31. The number of nitrogens with zero attached hydrogens (tertiary/aromatic N) is 1. The van der Waals surface area contributed by atoms with Crippen molar-refractivity contribution in [3.8, 4) is 11.5 Å². The Morgan fingerprint density at radius 1 is 1.13 bits per heavy atom. The van der Waals surface area contributed by atoms with Crippen LogP contribution in [0.2, 0.25) is 0 Å². The molecule has 1 fully saturated rings. The zero-order valence-electron chi connectivity index (χ0n) is 16.6. The molecule has 0 saturated carbocycles. The van der Waals surface area contributed by atoms with Crippen LogP contribution in [0.3, 0.4) is 0 Å². The van der Waals surface area contributed by atoms with E-state index in [9.17, 15) is 14.4 Å². The quantitative estimate of drug-likeness (QED) is 0.759. The zero-order chi connectivity index (χ0) is 21.1. The Hall–Kier alpha value is -3.55. The molecule has 0 aromatic heterocycles. The van der Waals surface area contributed by atoms with Gasteiger partial charge in [-0.1, -0.05) is 17.7 Å². The number of carbonyl (C=O) groups excluding carboxylic acids is 3. The van der Waals surface area contributed by atoms with Crippen LogP contribution in [0.5, 0.6) is 11.5 Å². The zero-order valence-corrected chi connectivity index (χ0v) is 16.6. The summed E-state index contributed by atoms with van der Waals surface area (Å²) in [5.74, 6) is -0.240. The first-order chi connectivity index (χ1) is 14.5. The molecule has 8 heteroatoms. The molecule has 0 unspecified atom stereocenters. The van der Waals surface area contributed by atoms with Crippen molar-refractivity contribution in [2.75, 3.05) is 30.3 Å². The fraction of sp³-hybridized carbons (Fsp3) is 0.318. The maximum absolute atomic E-state index is 12.5. The number of fused-ring (bicyclic) bond motifs is 1. The Bertz CT molecular complexity index is 965. The number of piperidine rings is 1. The van der Waals surface area contributed by atoms with E-state index in [1.165, 1.54) is 5.56 Å². The molecule has 3 amide bonds. The number of benzene rings is 2. The second kappa shape index (κ2) is 8.44. The van der Waals surface area contributed by atoms with Gasteiger partial charge in [0.1, 0.15) is 17.6 Å². The fourth-order valence-corrected chi connectivity index (χ4v) is 3.47. The molecule has 0 aliphatic carbocycles. The van der Waals surface area contributed by atoms with Crippen molar-refractivity contribution in [2.45, 2.75) is 25.9 Å². The summed E-state index contributed by atoms with van der Waals surface area (Å²) in [4.78, 5) is 37.8. The van der Waals surface area contributed by atoms with Crippen LogP contribution in [0, 0.1) is 6.92 Å². The smallest absolute Gasteiger partial charge is 0.313 e. The Balaban J connectivity index is 1.29. The first-order valence-corrected chi connectivity index (χ1v) is 9.88. The number of hydrogen-bond donors (Lipinski definition) is 2. The molecule has 30 heavy (non-hydrogen) atoms. The highest BCUT2D eigenvalue weighted by atomic mass is 16.5. The van der Waals surface area contributed by atoms with Gasteiger partial charge in [-0.15, -0.1) is 0 Å². The maximum Gasteiger partial charge on any atom is 0.313 e. The van der Waals surface area contributed by atoms with E-state index in [0.29, 0.717) is 43.1 Å². The van der Waals surface area contributed by atoms with Crippen molar-refractivity contribution >= 4 is 29.1 Å². The van der Waals surface area contributed by atoms with Crippen molar-refractivity contribution in [1.82, 2.24) is 4.90 Å². The van der Waals surface area contributed by atoms with E-state index in [1.807, 2.05) is 31.2 Å². The molecule has 2 aromatic rings. The number of anilines is 2. The van der Waals surface area contributed by atoms with Gasteiger partial charge in [0, 0.05) is 37.7 Å². The van der Waals surface area contributed by atoms with Crippen LogP contribution >= 0.6 is 0 Å². The lowest BCUT2D eigenvalue weighted by molar-refractivity contribution is -0.144. The Labute approximate surface area is 174 Å². The Morgan fingerprint density at radius 3 is 2.60 bits per heavy atom. The summed E-state index contributed by atoms with van der Waals surface area (Å²) in [5.41, 5.74) is 2.14. The summed E-state index contributed by atoms with van der Waals surface area (Å²) in [6.07, 6.45) is 1.35. The monoisotopic (exact) mass is 409 g/mol. The lowest BCUT2D eigenvalue weighted by Crippen LogP contribution is -2.46. The molecule has 0 atom stereocenters. The summed E-state index contributed by atoms with van der Waals surface area (Å²) in [6, 6.07) is 12.7. The summed E-state index contributed by atoms with van der Waals surface area (Å²) in [5, 5.41) is 5.28. The van der Waals surface area contributed by atoms with E-state index in [4.69, 9.17) is 9.47 Å². The predicted molar refractivity (Wildman–Crippen MR) is 111 cm³/mol. The molecular formula is C22H23N3O5. The van der Waals surface area contributed by atoms with Crippen molar-refractivity contribution in [1.29, 1.82) is 0 Å². The topological polar surface area (TPSA) is 97.0 Å². The van der Waals surface area contributed by atoms with Gasteiger partial charge in [-0.3, -0.25) is 14.4 Å². The van der Waals surface area contributed by atoms with Gasteiger partial charge in [0.15, 0.2) is 6.61 Å². The molecule has 2 heterocycles. The number of rotatable bonds is 3. The van der Waals surface area contributed by atoms with Crippen LogP contribution < -0.4 is 20.1 Å². The van der Waals surface area contributed by atoms with Crippen molar-refractivity contribution < 1.29 is 23.9 Å². The van der Waals surface area contributed by atoms with Crippen LogP contribution in [0.1, 0.15) is 18.4 Å². The van der Waals surface area contributed by atoms with Gasteiger partial charge in [0.05, 0.1) is 5.69 Å². The molecule has 1 saturated heterocycles. The molecule has 156 valence electrons. The summed E-state index contributed by atoms with van der Waals surface area (Å²) in [6.45, 7) is 2.86. The van der Waals surface area contributed by atoms with Crippen LogP contribution in [-0.2, 0) is 14.4 Å². The number of aryl methyl sites for hydroxylation is 1. The summed E-state index contributed by atoms with van der Waals surface area (Å²) < 4.78 is 11.3. The predicted octanol–water partition coefficient (Wildman–Crippen LogP) is 2.33. The second-order valence-corrected chi connectivity index (χ2v) is 7.42. The van der Waals surface area contributed by atoms with Crippen molar-refractivity contribution in [3.63, 3.8) is 0 Å². The van der Waals surface area contributed by atoms with Gasteiger partial charge in [-0.05, 0) is 31.2 Å². The molecule has 2 N–H and O–H groups in total. The minimum Gasteiger partial charge on any atom is -0.490 e. The second-order valence-electron chi connectivity index (χ2n) is 7.42. The lowest BCUT2D eigenvalue weighted by atomic mass is 10.1. The largest absolute Gasteiger partial charge is 0.490 e. The van der Waals surface area contributed by atoms with Crippen molar-refractivity contribution in [3.05, 3.63) is 48.0 Å². The van der Waals surface area contributed by atoms with Gasteiger partial charge < -0.3 is 25.0 Å². The number of nitrogens with one attached hydrogen (secondary N) is 2. The molecule has 4 rings (SSSR count). The molecule has 0 bridgehead atoms. The average Bonchev–Trinajstić information content (AvgIpc) is 2.75. The SMILES string of the molecule is Cc1ccc(OC2CCN(C(=O)C(=O)Nc3ccc4c(c3)OCC(=O)N4)CC2)cc1. The van der Waals surface area contributed by atoms with Gasteiger partial charge in [0.25, 0.3) is 5.91 Å². The van der Waals surface area contributed by atoms with Crippen LogP contribution in [0.15, 0.2) is 42.5 Å². The fourth-order valence-electron chi connectivity index (χ4n) is 3.47. The van der Waals surface area contributed by atoms with Crippen LogP contribution in [0.4, 0.5) is 11.4 Å². The number of likely N-dealkylation sites (tertiary alicyclic amines) is 1. The third-order valence-corrected chi connectivity index (χ3v) is 5.12. The molecule has 0 spiro atoms. The Morgan fingerprint density at radius 2 is 1.87 bits per heavy atom.